The van der Waals surface area contributed by atoms with Gasteiger partial charge in [0, 0.05) is 20.2 Å². The van der Waals surface area contributed by atoms with Crippen molar-refractivity contribution in [2.75, 3.05) is 46.6 Å². The van der Waals surface area contributed by atoms with Gasteiger partial charge in [-0.25, -0.2) is 0 Å². The number of methoxy groups -OCH3 is 1. The molecule has 0 aromatic rings. The van der Waals surface area contributed by atoms with Gasteiger partial charge in [-0.05, 0) is 20.8 Å². The molecule has 0 aliphatic carbocycles. The first-order valence-corrected chi connectivity index (χ1v) is 6.73. The van der Waals surface area contributed by atoms with Gasteiger partial charge in [-0.2, -0.15) is 0 Å². The van der Waals surface area contributed by atoms with E-state index < -0.39 is 0 Å². The van der Waals surface area contributed by atoms with Gasteiger partial charge in [0.15, 0.2) is 5.96 Å². The summed E-state index contributed by atoms with van der Waals surface area (Å²) in [6.07, 6.45) is 0. The van der Waals surface area contributed by atoms with Crippen LogP contribution in [0.25, 0.3) is 0 Å². The quantitative estimate of drug-likeness (QED) is 0.449. The molecule has 0 spiro atoms. The highest BCUT2D eigenvalue weighted by atomic mass is 16.5. The summed E-state index contributed by atoms with van der Waals surface area (Å²) in [4.78, 5) is 4.50. The minimum absolute atomic E-state index is 0.128. The lowest BCUT2D eigenvalue weighted by molar-refractivity contribution is -0.132. The zero-order chi connectivity index (χ0) is 14.4. The molecule has 112 valence electrons. The predicted molar refractivity (Wildman–Crippen MR) is 75.4 cm³/mol. The molecule has 19 heavy (non-hydrogen) atoms. The lowest BCUT2D eigenvalue weighted by atomic mass is 9.87. The molecule has 3 N–H and O–H groups in total. The van der Waals surface area contributed by atoms with Crippen molar-refractivity contribution in [1.29, 1.82) is 0 Å². The number of rotatable bonds is 7. The molecule has 0 saturated carbocycles. The maximum atomic E-state index is 9.38. The van der Waals surface area contributed by atoms with E-state index in [2.05, 4.69) is 15.6 Å². The first-order chi connectivity index (χ1) is 8.97. The highest BCUT2D eigenvalue weighted by molar-refractivity contribution is 5.79. The first kappa shape index (κ1) is 16.2. The molecule has 6 heteroatoms. The Hall–Kier alpha value is -0.850. The normalized spacial score (nSPS) is 18.9. The van der Waals surface area contributed by atoms with E-state index >= 15 is 0 Å². The van der Waals surface area contributed by atoms with Crippen LogP contribution in [0.3, 0.4) is 0 Å². The molecule has 0 radical (unpaired) electrons. The van der Waals surface area contributed by atoms with E-state index in [0.29, 0.717) is 26.3 Å². The number of nitrogens with one attached hydrogen (secondary N) is 2. The van der Waals surface area contributed by atoms with Crippen molar-refractivity contribution in [3.05, 3.63) is 0 Å². The van der Waals surface area contributed by atoms with E-state index in [1.165, 1.54) is 0 Å². The fraction of sp³-hybridized carbons (Fsp3) is 0.923. The summed E-state index contributed by atoms with van der Waals surface area (Å²) in [6, 6.07) is 0. The van der Waals surface area contributed by atoms with E-state index in [4.69, 9.17) is 9.47 Å². The van der Waals surface area contributed by atoms with Gasteiger partial charge in [0.2, 0.25) is 0 Å². The van der Waals surface area contributed by atoms with Gasteiger partial charge in [-0.1, -0.05) is 0 Å². The van der Waals surface area contributed by atoms with E-state index in [9.17, 15) is 5.11 Å². The van der Waals surface area contributed by atoms with Gasteiger partial charge in [-0.3, -0.25) is 4.99 Å². The Morgan fingerprint density at radius 1 is 1.42 bits per heavy atom. The second kappa shape index (κ2) is 7.07. The summed E-state index contributed by atoms with van der Waals surface area (Å²) >= 11 is 0. The largest absolute Gasteiger partial charge is 0.396 e. The third kappa shape index (κ3) is 4.97. The lowest BCUT2D eigenvalue weighted by Crippen LogP contribution is -2.55. The molecule has 0 unspecified atom stereocenters. The Labute approximate surface area is 115 Å². The van der Waals surface area contributed by atoms with Crippen LogP contribution in [-0.2, 0) is 9.47 Å². The van der Waals surface area contributed by atoms with Crippen LogP contribution in [0.15, 0.2) is 4.99 Å². The first-order valence-electron chi connectivity index (χ1n) is 6.73. The third-order valence-corrected chi connectivity index (χ3v) is 3.30. The standard InChI is InChI=1S/C13H27N3O3/c1-5-14-11(15-6-12(2,3)18-4)16-7-13(8-17)9-19-10-13/h17H,5-10H2,1-4H3,(H2,14,15,16). The Bertz CT molecular complexity index is 296. The van der Waals surface area contributed by atoms with Crippen LogP contribution in [0.5, 0.6) is 0 Å². The van der Waals surface area contributed by atoms with Crippen molar-refractivity contribution in [3.8, 4) is 0 Å². The van der Waals surface area contributed by atoms with Gasteiger partial charge in [0.05, 0.1) is 37.4 Å². The topological polar surface area (TPSA) is 75.1 Å². The average molecular weight is 273 g/mol. The molecule has 1 heterocycles. The minimum atomic E-state index is -0.281. The number of aliphatic hydroxyl groups is 1. The minimum Gasteiger partial charge on any atom is -0.396 e. The van der Waals surface area contributed by atoms with Crippen molar-refractivity contribution in [1.82, 2.24) is 10.6 Å². The van der Waals surface area contributed by atoms with Crippen molar-refractivity contribution in [3.63, 3.8) is 0 Å². The molecule has 0 aromatic heterocycles. The van der Waals surface area contributed by atoms with Crippen LogP contribution >= 0.6 is 0 Å². The molecular weight excluding hydrogens is 246 g/mol. The third-order valence-electron chi connectivity index (χ3n) is 3.30. The molecule has 1 saturated heterocycles. The monoisotopic (exact) mass is 273 g/mol. The molecule has 0 bridgehead atoms. The number of hydrogen-bond acceptors (Lipinski definition) is 4. The molecule has 6 nitrogen and oxygen atoms in total. The summed E-state index contributed by atoms with van der Waals surface area (Å²) in [5.41, 5.74) is -0.441. The molecule has 1 aliphatic rings. The van der Waals surface area contributed by atoms with Crippen molar-refractivity contribution in [2.45, 2.75) is 26.4 Å². The summed E-state index contributed by atoms with van der Waals surface area (Å²) in [6.45, 7) is 9.35. The van der Waals surface area contributed by atoms with E-state index in [-0.39, 0.29) is 17.6 Å². The molecule has 0 amide bonds. The second-order valence-electron chi connectivity index (χ2n) is 5.66. The second-order valence-corrected chi connectivity index (χ2v) is 5.66. The number of ether oxygens (including phenoxy) is 2. The van der Waals surface area contributed by atoms with Gasteiger partial charge >= 0.3 is 0 Å². The van der Waals surface area contributed by atoms with Gasteiger partial charge in [0.1, 0.15) is 0 Å². The fourth-order valence-corrected chi connectivity index (χ4v) is 1.59. The lowest BCUT2D eigenvalue weighted by Gasteiger charge is -2.40. The molecule has 0 aromatic carbocycles. The van der Waals surface area contributed by atoms with Crippen LogP contribution in [0.1, 0.15) is 20.8 Å². The number of aliphatic hydroxyl groups excluding tert-OH is 1. The highest BCUT2D eigenvalue weighted by Gasteiger charge is 2.38. The number of nitrogens with zero attached hydrogens (tertiary/aromatic N) is 1. The maximum absolute atomic E-state index is 9.38. The van der Waals surface area contributed by atoms with Gasteiger partial charge < -0.3 is 25.2 Å². The summed E-state index contributed by atoms with van der Waals surface area (Å²) < 4.78 is 10.5. The van der Waals surface area contributed by atoms with Crippen LogP contribution in [0.4, 0.5) is 0 Å². The summed E-state index contributed by atoms with van der Waals surface area (Å²) in [5.74, 6) is 0.743. The Morgan fingerprint density at radius 2 is 2.11 bits per heavy atom. The number of hydrogen-bond donors (Lipinski definition) is 3. The van der Waals surface area contributed by atoms with Crippen molar-refractivity contribution >= 4 is 5.96 Å². The zero-order valence-corrected chi connectivity index (χ0v) is 12.5. The number of guanidine groups is 1. The average Bonchev–Trinajstić information content (AvgIpc) is 2.35. The highest BCUT2D eigenvalue weighted by Crippen LogP contribution is 2.25. The molecule has 1 aliphatic heterocycles. The van der Waals surface area contributed by atoms with E-state index in [1.54, 1.807) is 7.11 Å². The maximum Gasteiger partial charge on any atom is 0.191 e. The fourth-order valence-electron chi connectivity index (χ4n) is 1.59. The SMILES string of the molecule is CCNC(=NCC(C)(C)OC)NCC1(CO)COC1. The zero-order valence-electron chi connectivity index (χ0n) is 12.5. The molecular formula is C13H27N3O3. The Balaban J connectivity index is 2.50. The van der Waals surface area contributed by atoms with Crippen molar-refractivity contribution < 1.29 is 14.6 Å². The predicted octanol–water partition coefficient (Wildman–Crippen LogP) is -0.0246. The van der Waals surface area contributed by atoms with E-state index in [0.717, 1.165) is 12.5 Å². The smallest absolute Gasteiger partial charge is 0.191 e. The molecule has 0 atom stereocenters. The van der Waals surface area contributed by atoms with Gasteiger partial charge in [0.25, 0.3) is 0 Å². The van der Waals surface area contributed by atoms with Crippen LogP contribution in [-0.4, -0.2) is 63.2 Å². The Kier molecular flexibility index (Phi) is 6.03. The van der Waals surface area contributed by atoms with Crippen molar-refractivity contribution in [2.24, 2.45) is 10.4 Å². The van der Waals surface area contributed by atoms with Crippen LogP contribution in [0, 0.1) is 5.41 Å². The van der Waals surface area contributed by atoms with E-state index in [1.807, 2.05) is 20.8 Å². The molecule has 1 fully saturated rings. The summed E-state index contributed by atoms with van der Waals surface area (Å²) in [7, 11) is 1.68. The molecule has 1 rings (SSSR count). The van der Waals surface area contributed by atoms with Crippen LogP contribution in [0.2, 0.25) is 0 Å². The van der Waals surface area contributed by atoms with Crippen LogP contribution < -0.4 is 10.6 Å². The Morgan fingerprint density at radius 3 is 2.53 bits per heavy atom. The van der Waals surface area contributed by atoms with Gasteiger partial charge in [-0.15, -0.1) is 0 Å². The number of aliphatic imine (C=N–C) groups is 1. The summed E-state index contributed by atoms with van der Waals surface area (Å²) in [5, 5.41) is 15.8.